The minimum Gasteiger partial charge on any atom is -0.310 e. The van der Waals surface area contributed by atoms with Gasteiger partial charge in [0, 0.05) is 35.5 Å². The number of hydrogen-bond acceptors (Lipinski definition) is 3. The predicted octanol–water partition coefficient (Wildman–Crippen LogP) is 3.10. The Hall–Kier alpha value is -0.960. The molecule has 1 aromatic rings. The smallest absolute Gasteiger partial charge is 0.131 e. The summed E-state index contributed by atoms with van der Waals surface area (Å²) in [4.78, 5) is 9.26. The van der Waals surface area contributed by atoms with E-state index in [9.17, 15) is 0 Å². The topological polar surface area (TPSA) is 37.8 Å². The van der Waals surface area contributed by atoms with Gasteiger partial charge in [-0.3, -0.25) is 0 Å². The van der Waals surface area contributed by atoms with Gasteiger partial charge in [0.2, 0.25) is 0 Å². The molecule has 0 bridgehead atoms. The average molecular weight is 235 g/mol. The van der Waals surface area contributed by atoms with E-state index < -0.39 is 0 Å². The van der Waals surface area contributed by atoms with Crippen molar-refractivity contribution < 1.29 is 0 Å². The second-order valence-corrected chi connectivity index (χ2v) is 5.08. The minimum atomic E-state index is 0.444. The first-order chi connectivity index (χ1) is 7.95. The third-order valence-corrected chi connectivity index (χ3v) is 3.18. The van der Waals surface area contributed by atoms with E-state index >= 15 is 0 Å². The maximum absolute atomic E-state index is 4.63. The molecule has 17 heavy (non-hydrogen) atoms. The monoisotopic (exact) mass is 235 g/mol. The first kappa shape index (κ1) is 14.1. The van der Waals surface area contributed by atoms with Gasteiger partial charge < -0.3 is 5.32 Å². The lowest BCUT2D eigenvalue weighted by Crippen LogP contribution is -2.23. The van der Waals surface area contributed by atoms with Gasteiger partial charge in [0.15, 0.2) is 0 Å². The fourth-order valence-corrected chi connectivity index (χ4v) is 1.73. The zero-order valence-electron chi connectivity index (χ0n) is 12.0. The van der Waals surface area contributed by atoms with Crippen LogP contribution in [0.1, 0.15) is 62.8 Å². The van der Waals surface area contributed by atoms with Gasteiger partial charge in [-0.25, -0.2) is 9.97 Å². The molecule has 96 valence electrons. The lowest BCUT2D eigenvalue weighted by molar-refractivity contribution is 0.579. The summed E-state index contributed by atoms with van der Waals surface area (Å²) in [6.45, 7) is 13.7. The maximum Gasteiger partial charge on any atom is 0.131 e. The molecular weight excluding hydrogens is 210 g/mol. The first-order valence-electron chi connectivity index (χ1n) is 6.53. The van der Waals surface area contributed by atoms with E-state index in [1.807, 2.05) is 0 Å². The van der Waals surface area contributed by atoms with E-state index in [4.69, 9.17) is 0 Å². The van der Waals surface area contributed by atoms with Crippen LogP contribution in [-0.2, 0) is 6.54 Å². The Labute approximate surface area is 105 Å². The Bertz CT molecular complexity index is 349. The molecule has 0 saturated heterocycles. The Morgan fingerprint density at radius 2 is 1.59 bits per heavy atom. The molecular formula is C14H25N3. The second-order valence-electron chi connectivity index (χ2n) is 5.08. The molecule has 1 unspecified atom stereocenters. The van der Waals surface area contributed by atoms with Crippen LogP contribution in [0.5, 0.6) is 0 Å². The van der Waals surface area contributed by atoms with Crippen LogP contribution < -0.4 is 5.32 Å². The highest BCUT2D eigenvalue weighted by molar-refractivity contribution is 5.25. The number of nitrogens with one attached hydrogen (secondary N) is 1. The number of aromatic nitrogens is 2. The van der Waals surface area contributed by atoms with Crippen molar-refractivity contribution in [1.29, 1.82) is 0 Å². The molecule has 3 heteroatoms. The SMILES string of the molecule is CCC(C)c1nc(C)c(CNC(C)C)c(C)n1. The number of nitrogens with zero attached hydrogens (tertiary/aromatic N) is 2. The molecule has 1 rings (SSSR count). The van der Waals surface area contributed by atoms with Crippen LogP contribution in [0.2, 0.25) is 0 Å². The van der Waals surface area contributed by atoms with Crippen molar-refractivity contribution in [3.05, 3.63) is 22.8 Å². The highest BCUT2D eigenvalue weighted by Crippen LogP contribution is 2.18. The lowest BCUT2D eigenvalue weighted by atomic mass is 10.1. The van der Waals surface area contributed by atoms with E-state index in [-0.39, 0.29) is 0 Å². The lowest BCUT2D eigenvalue weighted by Gasteiger charge is -2.15. The molecule has 0 radical (unpaired) electrons. The number of aryl methyl sites for hydroxylation is 2. The fourth-order valence-electron chi connectivity index (χ4n) is 1.73. The molecule has 0 fully saturated rings. The van der Waals surface area contributed by atoms with Gasteiger partial charge in [0.25, 0.3) is 0 Å². The largest absolute Gasteiger partial charge is 0.310 e. The number of hydrogen-bond donors (Lipinski definition) is 1. The third kappa shape index (κ3) is 3.77. The molecule has 0 aliphatic heterocycles. The van der Waals surface area contributed by atoms with Crippen molar-refractivity contribution in [1.82, 2.24) is 15.3 Å². The first-order valence-corrected chi connectivity index (χ1v) is 6.53. The summed E-state index contributed by atoms with van der Waals surface area (Å²) >= 11 is 0. The fraction of sp³-hybridized carbons (Fsp3) is 0.714. The van der Waals surface area contributed by atoms with Crippen molar-refractivity contribution in [2.24, 2.45) is 0 Å². The van der Waals surface area contributed by atoms with Crippen molar-refractivity contribution in [2.45, 2.75) is 66.5 Å². The zero-order chi connectivity index (χ0) is 13.0. The normalized spacial score (nSPS) is 13.1. The summed E-state index contributed by atoms with van der Waals surface area (Å²) in [6.07, 6.45) is 1.09. The van der Waals surface area contributed by atoms with Crippen LogP contribution in [-0.4, -0.2) is 16.0 Å². The summed E-state index contributed by atoms with van der Waals surface area (Å²) in [5.41, 5.74) is 3.47. The maximum atomic E-state index is 4.63. The number of rotatable bonds is 5. The molecule has 0 aromatic carbocycles. The Balaban J connectivity index is 2.94. The van der Waals surface area contributed by atoms with E-state index in [2.05, 4.69) is 56.8 Å². The molecule has 1 N–H and O–H groups in total. The molecule has 0 spiro atoms. The van der Waals surface area contributed by atoms with Crippen molar-refractivity contribution in [3.8, 4) is 0 Å². The van der Waals surface area contributed by atoms with E-state index in [0.717, 1.165) is 30.2 Å². The third-order valence-electron chi connectivity index (χ3n) is 3.18. The van der Waals surface area contributed by atoms with Crippen molar-refractivity contribution >= 4 is 0 Å². The summed E-state index contributed by atoms with van der Waals surface area (Å²) in [6, 6.07) is 0.489. The molecule has 3 nitrogen and oxygen atoms in total. The van der Waals surface area contributed by atoms with Gasteiger partial charge in [-0.1, -0.05) is 27.7 Å². The Morgan fingerprint density at radius 3 is 2.00 bits per heavy atom. The van der Waals surface area contributed by atoms with Gasteiger partial charge in [-0.05, 0) is 20.3 Å². The van der Waals surface area contributed by atoms with E-state index in [1.165, 1.54) is 5.56 Å². The molecule has 0 amide bonds. The molecule has 1 aromatic heterocycles. The van der Waals surface area contributed by atoms with Gasteiger partial charge in [0.05, 0.1) is 0 Å². The van der Waals surface area contributed by atoms with Crippen LogP contribution >= 0.6 is 0 Å². The highest BCUT2D eigenvalue weighted by atomic mass is 14.9. The standard InChI is InChI=1S/C14H25N3/c1-7-10(4)14-16-11(5)13(12(6)17-14)8-15-9(2)3/h9-10,15H,7-8H2,1-6H3. The highest BCUT2D eigenvalue weighted by Gasteiger charge is 2.12. The zero-order valence-corrected chi connectivity index (χ0v) is 12.0. The molecule has 0 aliphatic rings. The van der Waals surface area contributed by atoms with Crippen molar-refractivity contribution in [3.63, 3.8) is 0 Å². The van der Waals surface area contributed by atoms with E-state index in [1.54, 1.807) is 0 Å². The van der Waals surface area contributed by atoms with Crippen LogP contribution in [0.4, 0.5) is 0 Å². The van der Waals surface area contributed by atoms with E-state index in [0.29, 0.717) is 12.0 Å². The van der Waals surface area contributed by atoms with Crippen LogP contribution in [0.3, 0.4) is 0 Å². The van der Waals surface area contributed by atoms with Crippen molar-refractivity contribution in [2.75, 3.05) is 0 Å². The van der Waals surface area contributed by atoms with Gasteiger partial charge in [0.1, 0.15) is 5.82 Å². The summed E-state index contributed by atoms with van der Waals surface area (Å²) in [5.74, 6) is 1.43. The van der Waals surface area contributed by atoms with Crippen LogP contribution in [0, 0.1) is 13.8 Å². The molecule has 0 saturated carbocycles. The molecule has 0 aliphatic carbocycles. The summed E-state index contributed by atoms with van der Waals surface area (Å²) in [7, 11) is 0. The minimum absolute atomic E-state index is 0.444. The second kappa shape index (κ2) is 6.10. The van der Waals surface area contributed by atoms with Crippen LogP contribution in [0.25, 0.3) is 0 Å². The summed E-state index contributed by atoms with van der Waals surface area (Å²) < 4.78 is 0. The summed E-state index contributed by atoms with van der Waals surface area (Å²) in [5, 5.41) is 3.43. The van der Waals surface area contributed by atoms with Gasteiger partial charge in [-0.2, -0.15) is 0 Å². The predicted molar refractivity (Wildman–Crippen MR) is 72.2 cm³/mol. The quantitative estimate of drug-likeness (QED) is 0.852. The Kier molecular flexibility index (Phi) is 5.06. The van der Waals surface area contributed by atoms with Gasteiger partial charge >= 0.3 is 0 Å². The van der Waals surface area contributed by atoms with Crippen LogP contribution in [0.15, 0.2) is 0 Å². The Morgan fingerprint density at radius 1 is 1.06 bits per heavy atom. The average Bonchev–Trinajstić information content (AvgIpc) is 2.26. The molecule has 1 heterocycles. The molecule has 1 atom stereocenters. The van der Waals surface area contributed by atoms with Gasteiger partial charge in [-0.15, -0.1) is 0 Å².